The second-order valence-electron chi connectivity index (χ2n) is 4.76. The van der Waals surface area contributed by atoms with Crippen molar-refractivity contribution in [3.8, 4) is 0 Å². The van der Waals surface area contributed by atoms with Crippen molar-refractivity contribution in [2.75, 3.05) is 19.1 Å². The van der Waals surface area contributed by atoms with Crippen LogP contribution in [0.15, 0.2) is 0 Å². The van der Waals surface area contributed by atoms with Crippen LogP contribution in [0.4, 0.5) is 0 Å². The number of nitrogens with zero attached hydrogens (tertiary/aromatic N) is 1. The third-order valence-electron chi connectivity index (χ3n) is 3.49. The Labute approximate surface area is 108 Å². The van der Waals surface area contributed by atoms with Crippen molar-refractivity contribution < 1.29 is 9.90 Å². The zero-order valence-electron chi connectivity index (χ0n) is 10.8. The molecule has 3 N–H and O–H groups in total. The second kappa shape index (κ2) is 7.24. The van der Waals surface area contributed by atoms with Gasteiger partial charge in [0.1, 0.15) is 0 Å². The fraction of sp³-hybridized carbons (Fsp3) is 0.917. The molecule has 0 heterocycles. The van der Waals surface area contributed by atoms with E-state index in [0.717, 1.165) is 31.4 Å². The molecular weight excluding hydrogens is 236 g/mol. The minimum absolute atomic E-state index is 0.0370. The van der Waals surface area contributed by atoms with Crippen LogP contribution >= 0.6 is 11.8 Å². The molecule has 17 heavy (non-hydrogen) atoms. The Morgan fingerprint density at radius 2 is 2.18 bits per heavy atom. The maximum atomic E-state index is 12.1. The van der Waals surface area contributed by atoms with Crippen LogP contribution in [0.2, 0.25) is 0 Å². The van der Waals surface area contributed by atoms with Gasteiger partial charge in [-0.25, -0.2) is 0 Å². The van der Waals surface area contributed by atoms with E-state index in [1.165, 1.54) is 0 Å². The number of thioether (sulfide) groups is 1. The summed E-state index contributed by atoms with van der Waals surface area (Å²) in [6, 6.07) is -0.474. The summed E-state index contributed by atoms with van der Waals surface area (Å²) in [5, 5.41) is 9.91. The quantitative estimate of drug-likeness (QED) is 0.768. The van der Waals surface area contributed by atoms with Crippen LogP contribution in [0.5, 0.6) is 0 Å². The van der Waals surface area contributed by atoms with E-state index >= 15 is 0 Å². The van der Waals surface area contributed by atoms with Gasteiger partial charge < -0.3 is 15.7 Å². The van der Waals surface area contributed by atoms with Gasteiger partial charge >= 0.3 is 0 Å². The van der Waals surface area contributed by atoms with Crippen molar-refractivity contribution in [2.24, 2.45) is 5.73 Å². The second-order valence-corrected chi connectivity index (χ2v) is 5.74. The lowest BCUT2D eigenvalue weighted by atomic mass is 9.91. The average Bonchev–Trinajstić information content (AvgIpc) is 2.34. The molecule has 2 unspecified atom stereocenters. The van der Waals surface area contributed by atoms with Gasteiger partial charge in [0.05, 0.1) is 18.2 Å². The lowest BCUT2D eigenvalue weighted by molar-refractivity contribution is -0.136. The average molecular weight is 260 g/mol. The van der Waals surface area contributed by atoms with E-state index in [2.05, 4.69) is 0 Å². The zero-order valence-corrected chi connectivity index (χ0v) is 11.6. The van der Waals surface area contributed by atoms with Gasteiger partial charge in [-0.15, -0.1) is 0 Å². The molecule has 0 aliphatic heterocycles. The Balaban J connectivity index is 2.49. The maximum Gasteiger partial charge on any atom is 0.239 e. The third-order valence-corrected chi connectivity index (χ3v) is 4.13. The Morgan fingerprint density at radius 3 is 2.76 bits per heavy atom. The molecule has 1 fully saturated rings. The van der Waals surface area contributed by atoms with Crippen molar-refractivity contribution in [1.29, 1.82) is 0 Å². The molecule has 1 saturated carbocycles. The molecule has 100 valence electrons. The molecule has 0 bridgehead atoms. The molecule has 0 spiro atoms. The van der Waals surface area contributed by atoms with Gasteiger partial charge in [-0.2, -0.15) is 11.8 Å². The number of amides is 1. The molecule has 1 aliphatic carbocycles. The van der Waals surface area contributed by atoms with Gasteiger partial charge in [-0.05, 0) is 31.3 Å². The van der Waals surface area contributed by atoms with Crippen LogP contribution in [0.1, 0.15) is 32.1 Å². The van der Waals surface area contributed by atoms with E-state index in [4.69, 9.17) is 5.73 Å². The lowest BCUT2D eigenvalue weighted by Gasteiger charge is -2.36. The highest BCUT2D eigenvalue weighted by Gasteiger charge is 2.31. The highest BCUT2D eigenvalue weighted by atomic mass is 32.2. The number of hydrogen-bond acceptors (Lipinski definition) is 4. The minimum atomic E-state index is -0.429. The summed E-state index contributed by atoms with van der Waals surface area (Å²) < 4.78 is 0. The fourth-order valence-electron chi connectivity index (χ4n) is 2.34. The summed E-state index contributed by atoms with van der Waals surface area (Å²) >= 11 is 1.70. The van der Waals surface area contributed by atoms with Crippen LogP contribution in [-0.2, 0) is 4.79 Å². The number of nitrogens with two attached hydrogens (primary N) is 1. The number of carbonyl (C=O) groups excluding carboxylic acids is 1. The predicted molar refractivity (Wildman–Crippen MR) is 72.0 cm³/mol. The number of likely N-dealkylation sites (N-methyl/N-ethyl adjacent to an activating group) is 1. The predicted octanol–water partition coefficient (Wildman–Crippen LogP) is 0.829. The molecule has 1 rings (SSSR count). The SMILES string of the molecule is CSCC[C@@H](N)C(=O)N(C)C1CCCCC1O. The molecule has 1 amide bonds. The number of hydrogen-bond donors (Lipinski definition) is 2. The van der Waals surface area contributed by atoms with Gasteiger partial charge in [-0.1, -0.05) is 12.8 Å². The Morgan fingerprint density at radius 1 is 1.53 bits per heavy atom. The van der Waals surface area contributed by atoms with Crippen molar-refractivity contribution in [2.45, 2.75) is 50.3 Å². The van der Waals surface area contributed by atoms with E-state index in [1.54, 1.807) is 23.7 Å². The topological polar surface area (TPSA) is 66.6 Å². The zero-order chi connectivity index (χ0) is 12.8. The largest absolute Gasteiger partial charge is 0.391 e. The van der Waals surface area contributed by atoms with E-state index in [1.807, 2.05) is 6.26 Å². The Kier molecular flexibility index (Phi) is 6.30. The molecule has 0 aromatic heterocycles. The van der Waals surface area contributed by atoms with Crippen LogP contribution in [0.25, 0.3) is 0 Å². The Bertz CT molecular complexity index is 251. The number of aliphatic hydroxyl groups is 1. The first-order valence-corrected chi connectivity index (χ1v) is 7.66. The first kappa shape index (κ1) is 14.8. The minimum Gasteiger partial charge on any atom is -0.391 e. The van der Waals surface area contributed by atoms with Crippen molar-refractivity contribution in [1.82, 2.24) is 4.90 Å². The lowest BCUT2D eigenvalue weighted by Crippen LogP contribution is -2.51. The summed E-state index contributed by atoms with van der Waals surface area (Å²) in [5.74, 6) is 0.860. The first-order valence-electron chi connectivity index (χ1n) is 6.27. The highest BCUT2D eigenvalue weighted by Crippen LogP contribution is 2.22. The normalized spacial score (nSPS) is 26.6. The van der Waals surface area contributed by atoms with Crippen molar-refractivity contribution in [3.05, 3.63) is 0 Å². The number of rotatable bonds is 5. The van der Waals surface area contributed by atoms with Gasteiger partial charge in [-0.3, -0.25) is 4.79 Å². The van der Waals surface area contributed by atoms with Crippen LogP contribution in [-0.4, -0.2) is 53.2 Å². The molecular formula is C12H24N2O2S. The fourth-order valence-corrected chi connectivity index (χ4v) is 2.83. The van der Waals surface area contributed by atoms with Gasteiger partial charge in [0.2, 0.25) is 5.91 Å². The smallest absolute Gasteiger partial charge is 0.239 e. The molecule has 5 heteroatoms. The van der Waals surface area contributed by atoms with Crippen molar-refractivity contribution >= 4 is 17.7 Å². The van der Waals surface area contributed by atoms with E-state index in [-0.39, 0.29) is 18.1 Å². The molecule has 0 radical (unpaired) electrons. The van der Waals surface area contributed by atoms with Crippen molar-refractivity contribution in [3.63, 3.8) is 0 Å². The van der Waals surface area contributed by atoms with Crippen LogP contribution in [0, 0.1) is 0 Å². The highest BCUT2D eigenvalue weighted by molar-refractivity contribution is 7.98. The summed E-state index contributed by atoms with van der Waals surface area (Å²) in [5.41, 5.74) is 5.87. The molecule has 4 nitrogen and oxygen atoms in total. The standard InChI is InChI=1S/C12H24N2O2S/c1-14(10-5-3-4-6-11(10)15)12(16)9(13)7-8-17-2/h9-11,15H,3-8,13H2,1-2H3/t9-,10?,11?/m1/s1. The molecule has 0 saturated heterocycles. The maximum absolute atomic E-state index is 12.1. The van der Waals surface area contributed by atoms with Crippen LogP contribution in [0.3, 0.4) is 0 Å². The Hall–Kier alpha value is -0.260. The molecule has 0 aromatic rings. The summed E-state index contributed by atoms with van der Waals surface area (Å²) in [6.07, 6.45) is 6.14. The van der Waals surface area contributed by atoms with E-state index in [0.29, 0.717) is 6.42 Å². The number of carbonyl (C=O) groups is 1. The number of aliphatic hydroxyl groups excluding tert-OH is 1. The molecule has 0 aromatic carbocycles. The summed E-state index contributed by atoms with van der Waals surface area (Å²) in [7, 11) is 1.76. The molecule has 1 aliphatic rings. The van der Waals surface area contributed by atoms with Gasteiger partial charge in [0.15, 0.2) is 0 Å². The van der Waals surface area contributed by atoms with E-state index < -0.39 is 6.04 Å². The first-order chi connectivity index (χ1) is 8.07. The monoisotopic (exact) mass is 260 g/mol. The van der Waals surface area contributed by atoms with Gasteiger partial charge in [0, 0.05) is 7.05 Å². The summed E-state index contributed by atoms with van der Waals surface area (Å²) in [6.45, 7) is 0. The van der Waals surface area contributed by atoms with Gasteiger partial charge in [0.25, 0.3) is 0 Å². The third kappa shape index (κ3) is 4.16. The van der Waals surface area contributed by atoms with E-state index in [9.17, 15) is 9.90 Å². The summed E-state index contributed by atoms with van der Waals surface area (Å²) in [4.78, 5) is 13.7. The van der Waals surface area contributed by atoms with Crippen LogP contribution < -0.4 is 5.73 Å². The molecule has 3 atom stereocenters.